The predicted molar refractivity (Wildman–Crippen MR) is 104 cm³/mol. The molecule has 0 aromatic carbocycles. The first-order chi connectivity index (χ1) is 11.1. The fourth-order valence-electron chi connectivity index (χ4n) is 3.23. The Morgan fingerprint density at radius 1 is 0.870 bits per heavy atom. The van der Waals surface area contributed by atoms with Crippen molar-refractivity contribution in [2.75, 3.05) is 0 Å². The average molecular weight is 323 g/mol. The van der Waals surface area contributed by atoms with Gasteiger partial charge in [0, 0.05) is 12.8 Å². The molecule has 0 bridgehead atoms. The fourth-order valence-corrected chi connectivity index (χ4v) is 3.23. The van der Waals surface area contributed by atoms with Crippen LogP contribution >= 0.6 is 0 Å². The standard InChI is InChI=1S/C22H42O/c1-6-10-12-20(8-3)15-14-19(5)18-22(23)17-16-21(9-4)13-11-7-2/h14,20-21H,6-13,15-18H2,1-5H3/b19-14-. The van der Waals surface area contributed by atoms with E-state index in [1.165, 1.54) is 56.9 Å². The van der Waals surface area contributed by atoms with Crippen LogP contribution in [0.4, 0.5) is 0 Å². The van der Waals surface area contributed by atoms with Gasteiger partial charge in [0.2, 0.25) is 0 Å². The third-order valence-corrected chi connectivity index (χ3v) is 5.19. The number of Topliss-reactive ketones (excluding diaryl/α,β-unsaturated/α-hetero) is 1. The molecule has 0 N–H and O–H groups in total. The zero-order valence-corrected chi connectivity index (χ0v) is 16.6. The first kappa shape index (κ1) is 22.4. The summed E-state index contributed by atoms with van der Waals surface area (Å²) in [5.74, 6) is 2.00. The van der Waals surface area contributed by atoms with Gasteiger partial charge in [-0.25, -0.2) is 0 Å². The van der Waals surface area contributed by atoms with E-state index < -0.39 is 0 Å². The zero-order chi connectivity index (χ0) is 17.5. The van der Waals surface area contributed by atoms with Gasteiger partial charge in [0.1, 0.15) is 5.78 Å². The van der Waals surface area contributed by atoms with E-state index in [9.17, 15) is 4.79 Å². The number of hydrogen-bond donors (Lipinski definition) is 0. The number of unbranched alkanes of at least 4 members (excludes halogenated alkanes) is 2. The molecule has 0 fully saturated rings. The van der Waals surface area contributed by atoms with Gasteiger partial charge in [0.15, 0.2) is 0 Å². The molecular weight excluding hydrogens is 280 g/mol. The first-order valence-corrected chi connectivity index (χ1v) is 10.2. The molecule has 1 heteroatoms. The monoisotopic (exact) mass is 322 g/mol. The lowest BCUT2D eigenvalue weighted by Crippen LogP contribution is -2.05. The Hall–Kier alpha value is -0.590. The molecule has 0 aliphatic heterocycles. The Morgan fingerprint density at radius 2 is 1.43 bits per heavy atom. The molecule has 1 nitrogen and oxygen atoms in total. The van der Waals surface area contributed by atoms with Crippen LogP contribution in [0.25, 0.3) is 0 Å². The predicted octanol–water partition coefficient (Wildman–Crippen LogP) is 7.50. The maximum absolute atomic E-state index is 12.2. The number of carbonyl (C=O) groups excluding carboxylic acids is 1. The third-order valence-electron chi connectivity index (χ3n) is 5.19. The molecule has 0 amide bonds. The van der Waals surface area contributed by atoms with E-state index in [0.717, 1.165) is 31.1 Å². The lowest BCUT2D eigenvalue weighted by atomic mass is 9.91. The molecule has 0 heterocycles. The molecule has 0 aliphatic rings. The molecule has 0 aromatic rings. The number of ketones is 1. The summed E-state index contributed by atoms with van der Waals surface area (Å²) in [5, 5.41) is 0. The van der Waals surface area contributed by atoms with Crippen LogP contribution in [0.5, 0.6) is 0 Å². The van der Waals surface area contributed by atoms with E-state index in [1.54, 1.807) is 0 Å². The van der Waals surface area contributed by atoms with Gasteiger partial charge in [-0.2, -0.15) is 0 Å². The highest BCUT2D eigenvalue weighted by atomic mass is 16.1. The summed E-state index contributed by atoms with van der Waals surface area (Å²) in [6.07, 6.45) is 16.3. The van der Waals surface area contributed by atoms with Crippen LogP contribution in [0.3, 0.4) is 0 Å². The van der Waals surface area contributed by atoms with Crippen molar-refractivity contribution in [1.29, 1.82) is 0 Å². The van der Waals surface area contributed by atoms with Crippen molar-refractivity contribution in [3.63, 3.8) is 0 Å². The second kappa shape index (κ2) is 15.0. The third kappa shape index (κ3) is 12.5. The highest BCUT2D eigenvalue weighted by Crippen LogP contribution is 2.21. The van der Waals surface area contributed by atoms with Gasteiger partial charge in [-0.15, -0.1) is 0 Å². The van der Waals surface area contributed by atoms with Crippen LogP contribution in [0, 0.1) is 11.8 Å². The molecular formula is C22H42O. The second-order valence-corrected chi connectivity index (χ2v) is 7.37. The van der Waals surface area contributed by atoms with Crippen LogP contribution in [-0.4, -0.2) is 5.78 Å². The lowest BCUT2D eigenvalue weighted by Gasteiger charge is -2.14. The van der Waals surface area contributed by atoms with Crippen molar-refractivity contribution in [1.82, 2.24) is 0 Å². The molecule has 0 rings (SSSR count). The van der Waals surface area contributed by atoms with Crippen LogP contribution in [0.2, 0.25) is 0 Å². The van der Waals surface area contributed by atoms with Crippen LogP contribution in [-0.2, 0) is 4.79 Å². The van der Waals surface area contributed by atoms with Gasteiger partial charge in [-0.1, -0.05) is 90.7 Å². The van der Waals surface area contributed by atoms with Crippen molar-refractivity contribution in [2.45, 2.75) is 112 Å². The number of rotatable bonds is 15. The quantitative estimate of drug-likeness (QED) is 0.285. The Morgan fingerprint density at radius 3 is 1.96 bits per heavy atom. The molecule has 136 valence electrons. The largest absolute Gasteiger partial charge is 0.299 e. The normalized spacial score (nSPS) is 14.7. The molecule has 0 aromatic heterocycles. The summed E-state index contributed by atoms with van der Waals surface area (Å²) < 4.78 is 0. The van der Waals surface area contributed by atoms with E-state index in [2.05, 4.69) is 40.7 Å². The van der Waals surface area contributed by atoms with E-state index in [4.69, 9.17) is 0 Å². The van der Waals surface area contributed by atoms with Crippen LogP contribution < -0.4 is 0 Å². The van der Waals surface area contributed by atoms with Gasteiger partial charge < -0.3 is 0 Å². The molecule has 2 unspecified atom stereocenters. The lowest BCUT2D eigenvalue weighted by molar-refractivity contribution is -0.118. The minimum Gasteiger partial charge on any atom is -0.299 e. The number of hydrogen-bond acceptors (Lipinski definition) is 1. The summed E-state index contributed by atoms with van der Waals surface area (Å²) in [6, 6.07) is 0. The summed E-state index contributed by atoms with van der Waals surface area (Å²) >= 11 is 0. The summed E-state index contributed by atoms with van der Waals surface area (Å²) in [4.78, 5) is 12.2. The van der Waals surface area contributed by atoms with Gasteiger partial charge in [-0.05, 0) is 31.6 Å². The highest BCUT2D eigenvalue weighted by molar-refractivity contribution is 5.80. The zero-order valence-electron chi connectivity index (χ0n) is 16.6. The van der Waals surface area contributed by atoms with Gasteiger partial charge in [0.25, 0.3) is 0 Å². The van der Waals surface area contributed by atoms with E-state index >= 15 is 0 Å². The molecule has 0 aliphatic carbocycles. The maximum atomic E-state index is 12.2. The molecule has 0 saturated carbocycles. The van der Waals surface area contributed by atoms with Crippen molar-refractivity contribution in [3.05, 3.63) is 11.6 Å². The van der Waals surface area contributed by atoms with Gasteiger partial charge in [-0.3, -0.25) is 4.79 Å². The van der Waals surface area contributed by atoms with E-state index in [-0.39, 0.29) is 0 Å². The molecule has 23 heavy (non-hydrogen) atoms. The topological polar surface area (TPSA) is 17.1 Å². The molecule has 0 radical (unpaired) electrons. The fraction of sp³-hybridized carbons (Fsp3) is 0.864. The minimum atomic E-state index is 0.440. The van der Waals surface area contributed by atoms with Crippen molar-refractivity contribution < 1.29 is 4.79 Å². The summed E-state index contributed by atoms with van der Waals surface area (Å²) in [5.41, 5.74) is 1.28. The Bertz CT molecular complexity index is 316. The van der Waals surface area contributed by atoms with Crippen LogP contribution in [0.1, 0.15) is 112 Å². The van der Waals surface area contributed by atoms with Gasteiger partial charge >= 0.3 is 0 Å². The van der Waals surface area contributed by atoms with Crippen molar-refractivity contribution >= 4 is 5.78 Å². The molecule has 0 saturated heterocycles. The van der Waals surface area contributed by atoms with E-state index in [0.29, 0.717) is 12.2 Å². The first-order valence-electron chi connectivity index (χ1n) is 10.2. The average Bonchev–Trinajstić information content (AvgIpc) is 2.55. The second-order valence-electron chi connectivity index (χ2n) is 7.37. The summed E-state index contributed by atoms with van der Waals surface area (Å²) in [6.45, 7) is 11.2. The van der Waals surface area contributed by atoms with Crippen molar-refractivity contribution in [3.8, 4) is 0 Å². The Balaban J connectivity index is 4.09. The minimum absolute atomic E-state index is 0.440. The van der Waals surface area contributed by atoms with Crippen molar-refractivity contribution in [2.24, 2.45) is 11.8 Å². The molecule has 0 spiro atoms. The number of carbonyl (C=O) groups is 1. The SMILES string of the molecule is CCCCC(CC)C/C=C(/C)CC(=O)CCC(CC)CCCC. The van der Waals surface area contributed by atoms with Crippen LogP contribution in [0.15, 0.2) is 11.6 Å². The van der Waals surface area contributed by atoms with Gasteiger partial charge in [0.05, 0.1) is 0 Å². The van der Waals surface area contributed by atoms with E-state index in [1.807, 2.05) is 0 Å². The smallest absolute Gasteiger partial charge is 0.136 e. The number of allylic oxidation sites excluding steroid dienone is 2. The molecule has 2 atom stereocenters. The summed E-state index contributed by atoms with van der Waals surface area (Å²) in [7, 11) is 0. The maximum Gasteiger partial charge on any atom is 0.136 e. The Labute approximate surface area is 146 Å². The Kier molecular flexibility index (Phi) is 14.6. The highest BCUT2D eigenvalue weighted by Gasteiger charge is 2.10.